The molecule has 1 aromatic carbocycles. The van der Waals surface area contributed by atoms with E-state index in [0.29, 0.717) is 12.1 Å². The predicted octanol–water partition coefficient (Wildman–Crippen LogP) is 2.45. The van der Waals surface area contributed by atoms with Crippen LogP contribution in [0.5, 0.6) is 0 Å². The summed E-state index contributed by atoms with van der Waals surface area (Å²) in [6, 6.07) is 7.38. The molecule has 0 radical (unpaired) electrons. The molecule has 106 valence electrons. The van der Waals surface area contributed by atoms with Crippen LogP contribution in [0.4, 0.5) is 5.69 Å². The SMILES string of the molecule is CCCc1ccccc1NS(=O)(=O)C(CC)C(N)=S. The number of hydrogen-bond acceptors (Lipinski definition) is 3. The molecule has 4 nitrogen and oxygen atoms in total. The van der Waals surface area contributed by atoms with E-state index in [1.165, 1.54) is 0 Å². The van der Waals surface area contributed by atoms with Crippen LogP contribution < -0.4 is 10.5 Å². The smallest absolute Gasteiger partial charge is 0.242 e. The quantitative estimate of drug-likeness (QED) is 0.759. The van der Waals surface area contributed by atoms with Crippen LogP contribution in [0.25, 0.3) is 0 Å². The van der Waals surface area contributed by atoms with Gasteiger partial charge in [-0.25, -0.2) is 8.42 Å². The summed E-state index contributed by atoms with van der Waals surface area (Å²) in [6.07, 6.45) is 2.13. The van der Waals surface area contributed by atoms with Crippen molar-refractivity contribution in [3.8, 4) is 0 Å². The first-order chi connectivity index (χ1) is 8.92. The minimum absolute atomic E-state index is 0.00275. The van der Waals surface area contributed by atoms with E-state index < -0.39 is 15.3 Å². The molecular formula is C13H20N2O2S2. The van der Waals surface area contributed by atoms with Crippen molar-refractivity contribution in [3.05, 3.63) is 29.8 Å². The van der Waals surface area contributed by atoms with E-state index in [1.807, 2.05) is 12.1 Å². The zero-order chi connectivity index (χ0) is 14.5. The van der Waals surface area contributed by atoms with Crippen molar-refractivity contribution in [1.29, 1.82) is 0 Å². The van der Waals surface area contributed by atoms with Crippen molar-refractivity contribution < 1.29 is 8.42 Å². The van der Waals surface area contributed by atoms with E-state index in [0.717, 1.165) is 18.4 Å². The summed E-state index contributed by atoms with van der Waals surface area (Å²) >= 11 is 4.82. The lowest BCUT2D eigenvalue weighted by Gasteiger charge is -2.17. The number of aryl methyl sites for hydroxylation is 1. The zero-order valence-electron chi connectivity index (χ0n) is 11.2. The van der Waals surface area contributed by atoms with Crippen LogP contribution in [-0.2, 0) is 16.4 Å². The Balaban J connectivity index is 3.04. The number of hydrogen-bond donors (Lipinski definition) is 2. The summed E-state index contributed by atoms with van der Waals surface area (Å²) in [5, 5.41) is -0.836. The van der Waals surface area contributed by atoms with Gasteiger partial charge in [0.2, 0.25) is 10.0 Å². The maximum Gasteiger partial charge on any atom is 0.242 e. The van der Waals surface area contributed by atoms with E-state index in [2.05, 4.69) is 11.6 Å². The minimum atomic E-state index is -3.58. The third-order valence-electron chi connectivity index (χ3n) is 2.85. The molecule has 19 heavy (non-hydrogen) atoms. The van der Waals surface area contributed by atoms with Crippen LogP contribution in [0.2, 0.25) is 0 Å². The first kappa shape index (κ1) is 15.9. The molecule has 3 N–H and O–H groups in total. The van der Waals surface area contributed by atoms with Gasteiger partial charge in [0.1, 0.15) is 5.25 Å². The van der Waals surface area contributed by atoms with Crippen molar-refractivity contribution in [2.45, 2.75) is 38.4 Å². The average Bonchev–Trinajstić information content (AvgIpc) is 2.31. The van der Waals surface area contributed by atoms with E-state index >= 15 is 0 Å². The van der Waals surface area contributed by atoms with Gasteiger partial charge in [-0.2, -0.15) is 0 Å². The van der Waals surface area contributed by atoms with E-state index in [-0.39, 0.29) is 4.99 Å². The van der Waals surface area contributed by atoms with Gasteiger partial charge >= 0.3 is 0 Å². The summed E-state index contributed by atoms with van der Waals surface area (Å²) in [5.74, 6) is 0. The molecule has 0 heterocycles. The highest BCUT2D eigenvalue weighted by Gasteiger charge is 2.26. The van der Waals surface area contributed by atoms with Gasteiger partial charge in [0.15, 0.2) is 0 Å². The molecule has 0 aromatic heterocycles. The molecular weight excluding hydrogens is 280 g/mol. The van der Waals surface area contributed by atoms with Crippen molar-refractivity contribution in [2.24, 2.45) is 5.73 Å². The molecule has 0 saturated heterocycles. The molecule has 0 aliphatic carbocycles. The summed E-state index contributed by atoms with van der Waals surface area (Å²) in [4.78, 5) is 0.00275. The number of para-hydroxylation sites is 1. The lowest BCUT2D eigenvalue weighted by atomic mass is 10.1. The Morgan fingerprint density at radius 2 is 2.00 bits per heavy atom. The van der Waals surface area contributed by atoms with Crippen molar-refractivity contribution in [3.63, 3.8) is 0 Å². The highest BCUT2D eigenvalue weighted by atomic mass is 32.2. The van der Waals surface area contributed by atoms with E-state index in [1.54, 1.807) is 19.1 Å². The fraction of sp³-hybridized carbons (Fsp3) is 0.462. The second-order valence-electron chi connectivity index (χ2n) is 4.35. The second-order valence-corrected chi connectivity index (χ2v) is 6.69. The predicted molar refractivity (Wildman–Crippen MR) is 83.8 cm³/mol. The molecule has 0 amide bonds. The summed E-state index contributed by atoms with van der Waals surface area (Å²) in [5.41, 5.74) is 7.08. The number of anilines is 1. The molecule has 0 aliphatic heterocycles. The summed E-state index contributed by atoms with van der Waals surface area (Å²) < 4.78 is 27.1. The van der Waals surface area contributed by atoms with E-state index in [9.17, 15) is 8.42 Å². The fourth-order valence-electron chi connectivity index (χ4n) is 1.91. The third kappa shape index (κ3) is 4.18. The molecule has 6 heteroatoms. The minimum Gasteiger partial charge on any atom is -0.392 e. The first-order valence-corrected chi connectivity index (χ1v) is 8.26. The van der Waals surface area contributed by atoms with Gasteiger partial charge in [-0.15, -0.1) is 0 Å². The molecule has 1 atom stereocenters. The van der Waals surface area contributed by atoms with Gasteiger partial charge < -0.3 is 5.73 Å². The first-order valence-electron chi connectivity index (χ1n) is 6.31. The fourth-order valence-corrected chi connectivity index (χ4v) is 3.84. The second kappa shape index (κ2) is 6.86. The maximum atomic E-state index is 12.3. The van der Waals surface area contributed by atoms with Crippen molar-refractivity contribution in [1.82, 2.24) is 0 Å². The Morgan fingerprint density at radius 3 is 2.53 bits per heavy atom. The molecule has 0 saturated carbocycles. The normalized spacial score (nSPS) is 12.9. The van der Waals surface area contributed by atoms with Gasteiger partial charge in [0, 0.05) is 0 Å². The number of thiocarbonyl (C=S) groups is 1. The number of nitrogens with two attached hydrogens (primary N) is 1. The van der Waals surface area contributed by atoms with E-state index in [4.69, 9.17) is 18.0 Å². The molecule has 0 aliphatic rings. The highest BCUT2D eigenvalue weighted by molar-refractivity contribution is 7.95. The van der Waals surface area contributed by atoms with Gasteiger partial charge in [0.25, 0.3) is 0 Å². The Morgan fingerprint density at radius 1 is 1.37 bits per heavy atom. The van der Waals surface area contributed by atoms with Gasteiger partial charge in [-0.1, -0.05) is 50.7 Å². The summed E-state index contributed by atoms with van der Waals surface area (Å²) in [7, 11) is -3.58. The Kier molecular flexibility index (Phi) is 5.75. The largest absolute Gasteiger partial charge is 0.392 e. The standard InChI is InChI=1S/C13H20N2O2S2/c1-3-7-10-8-5-6-9-11(10)15-19(16,17)12(4-2)13(14)18/h5-6,8-9,12,15H,3-4,7H2,1-2H3,(H2,14,18). The Labute approximate surface area is 120 Å². The van der Waals surface area contributed by atoms with Crippen molar-refractivity contribution in [2.75, 3.05) is 4.72 Å². The van der Waals surface area contributed by atoms with Gasteiger partial charge in [-0.3, -0.25) is 4.72 Å². The molecule has 1 unspecified atom stereocenters. The van der Waals surface area contributed by atoms with Crippen LogP contribution in [0.3, 0.4) is 0 Å². The highest BCUT2D eigenvalue weighted by Crippen LogP contribution is 2.20. The third-order valence-corrected chi connectivity index (χ3v) is 5.13. The van der Waals surface area contributed by atoms with Gasteiger partial charge in [0.05, 0.1) is 10.7 Å². The number of nitrogens with one attached hydrogen (secondary N) is 1. The summed E-state index contributed by atoms with van der Waals surface area (Å²) in [6.45, 7) is 3.80. The lowest BCUT2D eigenvalue weighted by Crippen LogP contribution is -2.37. The maximum absolute atomic E-state index is 12.3. The van der Waals surface area contributed by atoms with Crippen LogP contribution in [0.15, 0.2) is 24.3 Å². The number of benzene rings is 1. The number of rotatable bonds is 7. The lowest BCUT2D eigenvalue weighted by molar-refractivity contribution is 0.594. The van der Waals surface area contributed by atoms with Crippen molar-refractivity contribution >= 4 is 32.9 Å². The molecule has 0 bridgehead atoms. The molecule has 0 spiro atoms. The average molecular weight is 300 g/mol. The van der Waals surface area contributed by atoms with Crippen LogP contribution in [0, 0.1) is 0 Å². The molecule has 0 fully saturated rings. The van der Waals surface area contributed by atoms with Crippen LogP contribution in [0.1, 0.15) is 32.3 Å². The Hall–Kier alpha value is -1.14. The van der Waals surface area contributed by atoms with Gasteiger partial charge in [-0.05, 0) is 24.5 Å². The topological polar surface area (TPSA) is 72.2 Å². The monoisotopic (exact) mass is 300 g/mol. The molecule has 1 aromatic rings. The van der Waals surface area contributed by atoms with Crippen LogP contribution >= 0.6 is 12.2 Å². The van der Waals surface area contributed by atoms with Crippen LogP contribution in [-0.4, -0.2) is 18.7 Å². The Bertz CT molecular complexity index is 541. The molecule has 1 rings (SSSR count). The zero-order valence-corrected chi connectivity index (χ0v) is 12.9. The number of sulfonamides is 1.